The molecule has 2 rings (SSSR count). The first kappa shape index (κ1) is 16.1. The Morgan fingerprint density at radius 2 is 1.81 bits per heavy atom. The molecule has 1 amide bonds. The summed E-state index contributed by atoms with van der Waals surface area (Å²) in [6.07, 6.45) is 0.522. The second kappa shape index (κ2) is 8.25. The number of carbonyl (C=O) groups is 1. The van der Waals surface area contributed by atoms with Crippen molar-refractivity contribution >= 4 is 33.6 Å². The van der Waals surface area contributed by atoms with Crippen molar-refractivity contribution in [2.24, 2.45) is 0 Å². The Hall–Kier alpha value is -1.26. The van der Waals surface area contributed by atoms with Gasteiger partial charge in [0, 0.05) is 21.5 Å². The van der Waals surface area contributed by atoms with Crippen LogP contribution in [0.4, 0.5) is 0 Å². The fourth-order valence-electron chi connectivity index (χ4n) is 2.00. The predicted molar refractivity (Wildman–Crippen MR) is 92.5 cm³/mol. The SMILES string of the molecule is CC(NC(=O)CCSc1ccccc1)c1ccccc1Br. The lowest BCUT2D eigenvalue weighted by atomic mass is 10.1. The van der Waals surface area contributed by atoms with E-state index in [2.05, 4.69) is 33.4 Å². The van der Waals surface area contributed by atoms with E-state index in [1.54, 1.807) is 11.8 Å². The molecule has 0 radical (unpaired) electrons. The quantitative estimate of drug-likeness (QED) is 0.746. The highest BCUT2D eigenvalue weighted by molar-refractivity contribution is 9.10. The van der Waals surface area contributed by atoms with E-state index in [-0.39, 0.29) is 11.9 Å². The minimum absolute atomic E-state index is 0.00907. The van der Waals surface area contributed by atoms with E-state index >= 15 is 0 Å². The smallest absolute Gasteiger partial charge is 0.221 e. The van der Waals surface area contributed by atoms with E-state index in [1.807, 2.05) is 49.4 Å². The Balaban J connectivity index is 1.78. The maximum Gasteiger partial charge on any atom is 0.221 e. The van der Waals surface area contributed by atoms with Crippen LogP contribution in [-0.4, -0.2) is 11.7 Å². The first-order chi connectivity index (χ1) is 10.2. The van der Waals surface area contributed by atoms with E-state index in [9.17, 15) is 4.79 Å². The number of halogens is 1. The van der Waals surface area contributed by atoms with Gasteiger partial charge in [0.15, 0.2) is 0 Å². The van der Waals surface area contributed by atoms with Crippen molar-refractivity contribution in [1.82, 2.24) is 5.32 Å². The van der Waals surface area contributed by atoms with Crippen molar-refractivity contribution in [3.63, 3.8) is 0 Å². The normalized spacial score (nSPS) is 11.9. The molecule has 0 saturated carbocycles. The fourth-order valence-corrected chi connectivity index (χ4v) is 3.50. The Bertz CT molecular complexity index is 588. The summed E-state index contributed by atoms with van der Waals surface area (Å²) >= 11 is 5.22. The summed E-state index contributed by atoms with van der Waals surface area (Å²) in [7, 11) is 0. The molecular weight excluding hydrogens is 346 g/mol. The minimum Gasteiger partial charge on any atom is -0.350 e. The molecule has 1 unspecified atom stereocenters. The fraction of sp³-hybridized carbons (Fsp3) is 0.235. The molecule has 1 N–H and O–H groups in total. The Morgan fingerprint density at radius 3 is 2.52 bits per heavy atom. The zero-order valence-corrected chi connectivity index (χ0v) is 14.3. The first-order valence-electron chi connectivity index (χ1n) is 6.88. The molecule has 2 aromatic carbocycles. The summed E-state index contributed by atoms with van der Waals surface area (Å²) in [4.78, 5) is 13.2. The van der Waals surface area contributed by atoms with Crippen LogP contribution in [0, 0.1) is 0 Å². The second-order valence-electron chi connectivity index (χ2n) is 4.72. The van der Waals surface area contributed by atoms with E-state index < -0.39 is 0 Å². The maximum atomic E-state index is 12.0. The highest BCUT2D eigenvalue weighted by Crippen LogP contribution is 2.23. The molecule has 2 nitrogen and oxygen atoms in total. The molecule has 1 atom stereocenters. The van der Waals surface area contributed by atoms with Crippen molar-refractivity contribution in [3.8, 4) is 0 Å². The summed E-state index contributed by atoms with van der Waals surface area (Å²) in [5.74, 6) is 0.875. The van der Waals surface area contributed by atoms with Crippen LogP contribution in [0.3, 0.4) is 0 Å². The lowest BCUT2D eigenvalue weighted by Crippen LogP contribution is -2.27. The van der Waals surface area contributed by atoms with Gasteiger partial charge in [0.25, 0.3) is 0 Å². The van der Waals surface area contributed by atoms with Crippen LogP contribution in [0.2, 0.25) is 0 Å². The zero-order chi connectivity index (χ0) is 15.1. The molecule has 0 aromatic heterocycles. The van der Waals surface area contributed by atoms with Crippen LogP contribution in [0.25, 0.3) is 0 Å². The topological polar surface area (TPSA) is 29.1 Å². The van der Waals surface area contributed by atoms with Crippen LogP contribution in [0.15, 0.2) is 64.0 Å². The third-order valence-corrected chi connectivity index (χ3v) is 4.83. The van der Waals surface area contributed by atoms with Gasteiger partial charge in [0.05, 0.1) is 6.04 Å². The van der Waals surface area contributed by atoms with Gasteiger partial charge in [0.2, 0.25) is 5.91 Å². The molecule has 0 fully saturated rings. The van der Waals surface area contributed by atoms with Crippen molar-refractivity contribution in [2.75, 3.05) is 5.75 Å². The maximum absolute atomic E-state index is 12.0. The molecule has 0 aliphatic carbocycles. The van der Waals surface area contributed by atoms with Crippen LogP contribution >= 0.6 is 27.7 Å². The molecule has 2 aromatic rings. The summed E-state index contributed by atoms with van der Waals surface area (Å²) in [6.45, 7) is 2.00. The van der Waals surface area contributed by atoms with Crippen molar-refractivity contribution in [3.05, 3.63) is 64.6 Å². The van der Waals surface area contributed by atoms with Crippen molar-refractivity contribution < 1.29 is 4.79 Å². The Morgan fingerprint density at radius 1 is 1.14 bits per heavy atom. The zero-order valence-electron chi connectivity index (χ0n) is 11.9. The average Bonchev–Trinajstić information content (AvgIpc) is 2.48. The minimum atomic E-state index is 0.00907. The number of hydrogen-bond donors (Lipinski definition) is 1. The number of hydrogen-bond acceptors (Lipinski definition) is 2. The molecule has 0 heterocycles. The largest absolute Gasteiger partial charge is 0.350 e. The van der Waals surface area contributed by atoms with E-state index in [4.69, 9.17) is 0 Å². The number of carbonyl (C=O) groups excluding carboxylic acids is 1. The first-order valence-corrected chi connectivity index (χ1v) is 8.66. The van der Waals surface area contributed by atoms with Crippen molar-refractivity contribution in [1.29, 1.82) is 0 Å². The van der Waals surface area contributed by atoms with Gasteiger partial charge in [-0.05, 0) is 30.7 Å². The van der Waals surface area contributed by atoms with Crippen LogP contribution in [-0.2, 0) is 4.79 Å². The average molecular weight is 364 g/mol. The number of rotatable bonds is 6. The van der Waals surface area contributed by atoms with E-state index in [0.29, 0.717) is 6.42 Å². The summed E-state index contributed by atoms with van der Waals surface area (Å²) in [5, 5.41) is 3.04. The highest BCUT2D eigenvalue weighted by atomic mass is 79.9. The molecule has 0 aliphatic rings. The van der Waals surface area contributed by atoms with Crippen LogP contribution < -0.4 is 5.32 Å². The summed E-state index contributed by atoms with van der Waals surface area (Å²) in [5.41, 5.74) is 1.10. The van der Waals surface area contributed by atoms with Crippen molar-refractivity contribution in [2.45, 2.75) is 24.3 Å². The third kappa shape index (κ3) is 5.21. The van der Waals surface area contributed by atoms with Gasteiger partial charge in [-0.2, -0.15) is 0 Å². The van der Waals surface area contributed by atoms with Gasteiger partial charge in [-0.15, -0.1) is 11.8 Å². The van der Waals surface area contributed by atoms with Gasteiger partial charge < -0.3 is 5.32 Å². The van der Waals surface area contributed by atoms with Gasteiger partial charge in [-0.3, -0.25) is 4.79 Å². The lowest BCUT2D eigenvalue weighted by Gasteiger charge is -2.15. The standard InChI is InChI=1S/C17H18BrNOS/c1-13(15-9-5-6-10-16(15)18)19-17(20)11-12-21-14-7-3-2-4-8-14/h2-10,13H,11-12H2,1H3,(H,19,20). The number of nitrogens with one attached hydrogen (secondary N) is 1. The molecule has 21 heavy (non-hydrogen) atoms. The van der Waals surface area contributed by atoms with Crippen LogP contribution in [0.1, 0.15) is 24.9 Å². The number of benzene rings is 2. The van der Waals surface area contributed by atoms with Gasteiger partial charge >= 0.3 is 0 Å². The monoisotopic (exact) mass is 363 g/mol. The van der Waals surface area contributed by atoms with Gasteiger partial charge in [-0.25, -0.2) is 0 Å². The third-order valence-electron chi connectivity index (χ3n) is 3.09. The van der Waals surface area contributed by atoms with E-state index in [1.165, 1.54) is 4.90 Å². The lowest BCUT2D eigenvalue weighted by molar-refractivity contribution is -0.121. The Labute approximate surface area is 138 Å². The van der Waals surface area contributed by atoms with Gasteiger partial charge in [-0.1, -0.05) is 52.3 Å². The molecule has 110 valence electrons. The summed E-state index contributed by atoms with van der Waals surface area (Å²) < 4.78 is 1.02. The molecule has 0 aliphatic heterocycles. The Kier molecular flexibility index (Phi) is 6.33. The van der Waals surface area contributed by atoms with E-state index in [0.717, 1.165) is 15.8 Å². The predicted octanol–water partition coefficient (Wildman–Crippen LogP) is 4.81. The molecule has 4 heteroatoms. The molecule has 0 saturated heterocycles. The highest BCUT2D eigenvalue weighted by Gasteiger charge is 2.11. The number of amides is 1. The van der Waals surface area contributed by atoms with Gasteiger partial charge in [0.1, 0.15) is 0 Å². The van der Waals surface area contributed by atoms with Crippen LogP contribution in [0.5, 0.6) is 0 Å². The second-order valence-corrected chi connectivity index (χ2v) is 6.74. The molecule has 0 bridgehead atoms. The number of thioether (sulfide) groups is 1. The molecular formula is C17H18BrNOS. The molecule has 0 spiro atoms. The summed E-state index contributed by atoms with van der Waals surface area (Å²) in [6, 6.07) is 18.1.